The minimum atomic E-state index is -4.73. The molecule has 206 valence electrons. The summed E-state index contributed by atoms with van der Waals surface area (Å²) in [5, 5.41) is 2.24. The van der Waals surface area contributed by atoms with Gasteiger partial charge in [0, 0.05) is 19.0 Å². The van der Waals surface area contributed by atoms with Gasteiger partial charge in [-0.25, -0.2) is 13.4 Å². The van der Waals surface area contributed by atoms with Crippen LogP contribution in [0.25, 0.3) is 22.4 Å². The largest absolute Gasteiger partial charge is 0.418 e. The first-order valence-electron chi connectivity index (χ1n) is 11.1. The predicted octanol–water partition coefficient (Wildman–Crippen LogP) is 5.89. The molecule has 0 fully saturated rings. The van der Waals surface area contributed by atoms with Crippen LogP contribution in [0.4, 0.5) is 37.8 Å². The van der Waals surface area contributed by atoms with E-state index in [9.17, 15) is 34.8 Å². The summed E-state index contributed by atoms with van der Waals surface area (Å²) in [6.45, 7) is 1.02. The van der Waals surface area contributed by atoms with Crippen LogP contribution in [0.1, 0.15) is 24.0 Å². The van der Waals surface area contributed by atoms with Crippen molar-refractivity contribution in [2.24, 2.45) is 0 Å². The molecule has 1 atom stereocenters. The van der Waals surface area contributed by atoms with E-state index in [1.807, 2.05) is 0 Å². The maximum atomic E-state index is 13.5. The van der Waals surface area contributed by atoms with Gasteiger partial charge in [-0.05, 0) is 48.9 Å². The molecule has 0 aliphatic carbocycles. The molecule has 0 aliphatic heterocycles. The number of hydrogen-bond donors (Lipinski definition) is 1. The van der Waals surface area contributed by atoms with E-state index in [0.29, 0.717) is 0 Å². The monoisotopic (exact) mass is 571 g/mol. The average Bonchev–Trinajstić information content (AvgIpc) is 2.87. The lowest BCUT2D eigenvalue weighted by Gasteiger charge is -2.17. The van der Waals surface area contributed by atoms with Gasteiger partial charge in [0.25, 0.3) is 5.16 Å². The molecule has 0 bridgehead atoms. The number of sulfone groups is 1. The van der Waals surface area contributed by atoms with Crippen molar-refractivity contribution in [3.63, 3.8) is 0 Å². The van der Waals surface area contributed by atoms with Gasteiger partial charge in [0.2, 0.25) is 9.84 Å². The number of anilines is 2. The van der Waals surface area contributed by atoms with Crippen LogP contribution in [-0.4, -0.2) is 47.6 Å². The van der Waals surface area contributed by atoms with Gasteiger partial charge in [-0.15, -0.1) is 0 Å². The molecule has 0 amide bonds. The van der Waals surface area contributed by atoms with Gasteiger partial charge in [-0.2, -0.15) is 36.3 Å². The van der Waals surface area contributed by atoms with Crippen LogP contribution in [0.3, 0.4) is 0 Å². The number of halogens is 6. The topological polar surface area (TPSA) is 107 Å². The van der Waals surface area contributed by atoms with E-state index < -0.39 is 50.5 Å². The highest BCUT2D eigenvalue weighted by Gasteiger charge is 2.37. The standard InChI is InChI=1S/C24H19F6N5O3S/c1-13(23(25,26)27)14-5-7-15(8-6-14)32-20-16-9-10-18(19-17(24(28,29)30)4-3-11-31-19)33-21(16)35-22(34-20)39(36,37)12-38-2/h3-11,13H,12H2,1-2H3,(H,32,33,34,35). The number of ether oxygens (including phenoxy) is 1. The number of nitrogens with one attached hydrogen (secondary N) is 1. The molecule has 0 saturated heterocycles. The van der Waals surface area contributed by atoms with Crippen molar-refractivity contribution in [2.75, 3.05) is 18.4 Å². The summed E-state index contributed by atoms with van der Waals surface area (Å²) in [4.78, 5) is 15.9. The van der Waals surface area contributed by atoms with Gasteiger partial charge < -0.3 is 10.1 Å². The van der Waals surface area contributed by atoms with Crippen molar-refractivity contribution in [1.82, 2.24) is 19.9 Å². The third-order valence-electron chi connectivity index (χ3n) is 5.61. The van der Waals surface area contributed by atoms with E-state index in [1.165, 1.54) is 36.4 Å². The summed E-state index contributed by atoms with van der Waals surface area (Å²) in [6, 6.07) is 9.73. The molecule has 1 unspecified atom stereocenters. The lowest BCUT2D eigenvalue weighted by Crippen LogP contribution is -2.17. The fourth-order valence-corrected chi connectivity index (χ4v) is 4.45. The van der Waals surface area contributed by atoms with Gasteiger partial charge in [-0.1, -0.05) is 12.1 Å². The predicted molar refractivity (Wildman–Crippen MR) is 129 cm³/mol. The second-order valence-corrected chi connectivity index (χ2v) is 10.2. The summed E-state index contributed by atoms with van der Waals surface area (Å²) < 4.78 is 110. The first kappa shape index (κ1) is 28.2. The SMILES string of the molecule is COCS(=O)(=O)c1nc(Nc2ccc(C(C)C(F)(F)F)cc2)c2ccc(-c3ncccc3C(F)(F)F)nc2n1. The normalized spacial score (nSPS) is 13.4. The van der Waals surface area contributed by atoms with Crippen LogP contribution in [-0.2, 0) is 20.8 Å². The zero-order valence-corrected chi connectivity index (χ0v) is 21.0. The second kappa shape index (κ2) is 10.4. The highest BCUT2D eigenvalue weighted by molar-refractivity contribution is 7.91. The average molecular weight is 572 g/mol. The van der Waals surface area contributed by atoms with Crippen molar-refractivity contribution < 1.29 is 39.5 Å². The molecular formula is C24H19F6N5O3S. The summed E-state index contributed by atoms with van der Waals surface area (Å²) in [5.74, 6) is -2.60. The first-order chi connectivity index (χ1) is 18.2. The van der Waals surface area contributed by atoms with E-state index in [4.69, 9.17) is 4.74 Å². The molecule has 15 heteroatoms. The Morgan fingerprint density at radius 1 is 0.949 bits per heavy atom. The van der Waals surface area contributed by atoms with Gasteiger partial charge in [0.05, 0.1) is 22.6 Å². The summed E-state index contributed by atoms with van der Waals surface area (Å²) >= 11 is 0. The van der Waals surface area contributed by atoms with Crippen LogP contribution in [0.5, 0.6) is 0 Å². The number of aromatic nitrogens is 4. The third-order valence-corrected chi connectivity index (χ3v) is 6.90. The van der Waals surface area contributed by atoms with Gasteiger partial charge in [0.1, 0.15) is 11.5 Å². The Morgan fingerprint density at radius 2 is 1.64 bits per heavy atom. The van der Waals surface area contributed by atoms with Crippen molar-refractivity contribution in [3.05, 3.63) is 65.9 Å². The van der Waals surface area contributed by atoms with Crippen LogP contribution in [0, 0.1) is 0 Å². The highest BCUT2D eigenvalue weighted by atomic mass is 32.2. The minimum Gasteiger partial charge on any atom is -0.368 e. The molecule has 0 saturated carbocycles. The molecule has 0 radical (unpaired) electrons. The minimum absolute atomic E-state index is 0.00564. The number of hydrogen-bond acceptors (Lipinski definition) is 8. The zero-order chi connectivity index (χ0) is 28.6. The second-order valence-electron chi connectivity index (χ2n) is 8.35. The smallest absolute Gasteiger partial charge is 0.368 e. The maximum Gasteiger partial charge on any atom is 0.418 e. The van der Waals surface area contributed by atoms with E-state index in [1.54, 1.807) is 0 Å². The molecule has 8 nitrogen and oxygen atoms in total. The Kier molecular flexibility index (Phi) is 7.49. The number of alkyl halides is 6. The van der Waals surface area contributed by atoms with E-state index in [-0.39, 0.29) is 33.8 Å². The Bertz CT molecular complexity index is 1610. The molecule has 4 rings (SSSR count). The van der Waals surface area contributed by atoms with Crippen LogP contribution in [0.15, 0.2) is 59.9 Å². The number of benzene rings is 1. The Hall–Kier alpha value is -3.85. The van der Waals surface area contributed by atoms with Gasteiger partial charge >= 0.3 is 12.4 Å². The number of fused-ring (bicyclic) bond motifs is 1. The van der Waals surface area contributed by atoms with E-state index in [0.717, 1.165) is 32.4 Å². The Labute approximate surface area is 218 Å². The number of pyridine rings is 2. The van der Waals surface area contributed by atoms with Crippen molar-refractivity contribution >= 4 is 32.4 Å². The first-order valence-corrected chi connectivity index (χ1v) is 12.7. The quantitative estimate of drug-likeness (QED) is 0.216. The molecule has 1 N–H and O–H groups in total. The molecule has 3 heterocycles. The molecule has 0 spiro atoms. The highest BCUT2D eigenvalue weighted by Crippen LogP contribution is 2.37. The van der Waals surface area contributed by atoms with Crippen LogP contribution in [0.2, 0.25) is 0 Å². The van der Waals surface area contributed by atoms with Crippen molar-refractivity contribution in [2.45, 2.75) is 30.4 Å². The Morgan fingerprint density at radius 3 is 2.26 bits per heavy atom. The summed E-state index contributed by atoms with van der Waals surface area (Å²) in [5.41, 5.74) is -1.76. The molecule has 39 heavy (non-hydrogen) atoms. The molecule has 1 aromatic carbocycles. The molecule has 3 aromatic heterocycles. The molecule has 4 aromatic rings. The number of methoxy groups -OCH3 is 1. The fourth-order valence-electron chi connectivity index (χ4n) is 3.58. The summed E-state index contributed by atoms with van der Waals surface area (Å²) in [6.07, 6.45) is -8.02. The number of nitrogens with zero attached hydrogens (tertiary/aromatic N) is 4. The zero-order valence-electron chi connectivity index (χ0n) is 20.2. The van der Waals surface area contributed by atoms with E-state index in [2.05, 4.69) is 25.3 Å². The maximum absolute atomic E-state index is 13.5. The Balaban J connectivity index is 1.83. The fraction of sp³-hybridized carbons (Fsp3) is 0.250. The van der Waals surface area contributed by atoms with Gasteiger partial charge in [-0.3, -0.25) is 4.98 Å². The molecule has 0 aliphatic rings. The van der Waals surface area contributed by atoms with E-state index >= 15 is 0 Å². The summed E-state index contributed by atoms with van der Waals surface area (Å²) in [7, 11) is -3.07. The number of rotatable bonds is 7. The van der Waals surface area contributed by atoms with Gasteiger partial charge in [0.15, 0.2) is 11.6 Å². The lowest BCUT2D eigenvalue weighted by molar-refractivity contribution is -0.146. The van der Waals surface area contributed by atoms with Crippen molar-refractivity contribution in [3.8, 4) is 11.4 Å². The van der Waals surface area contributed by atoms with Crippen molar-refractivity contribution in [1.29, 1.82) is 0 Å². The lowest BCUT2D eigenvalue weighted by atomic mass is 10.0. The van der Waals surface area contributed by atoms with Crippen LogP contribution < -0.4 is 5.32 Å². The third kappa shape index (κ3) is 6.09. The molecular weight excluding hydrogens is 552 g/mol. The van der Waals surface area contributed by atoms with Crippen LogP contribution >= 0.6 is 0 Å².